The van der Waals surface area contributed by atoms with Crippen molar-refractivity contribution in [2.24, 2.45) is 0 Å². The lowest BCUT2D eigenvalue weighted by Gasteiger charge is -2.31. The molecular formula is C12H17BrN2O3S. The van der Waals surface area contributed by atoms with Crippen LogP contribution in [0.4, 0.5) is 5.69 Å². The number of nitrogens with two attached hydrogens (primary N) is 1. The predicted octanol–water partition coefficient (Wildman–Crippen LogP) is 1.83. The molecular weight excluding hydrogens is 332 g/mol. The Balaban J connectivity index is 2.28. The molecule has 5 nitrogen and oxygen atoms in total. The molecule has 0 saturated carbocycles. The Morgan fingerprint density at radius 2 is 2.26 bits per heavy atom. The molecule has 0 aromatic heterocycles. The topological polar surface area (TPSA) is 72.6 Å². The Hall–Kier alpha value is -0.630. The fourth-order valence-corrected chi connectivity index (χ4v) is 3.99. The van der Waals surface area contributed by atoms with Gasteiger partial charge in [0.05, 0.1) is 17.6 Å². The number of rotatable bonds is 3. The number of nitrogens with zero attached hydrogens (tertiary/aromatic N) is 1. The number of hydrogen-bond donors (Lipinski definition) is 1. The van der Waals surface area contributed by atoms with Crippen molar-refractivity contribution in [3.63, 3.8) is 0 Å². The lowest BCUT2D eigenvalue weighted by Crippen LogP contribution is -2.45. The third kappa shape index (κ3) is 3.10. The second-order valence-electron chi connectivity index (χ2n) is 4.45. The van der Waals surface area contributed by atoms with Crippen LogP contribution in [0, 0.1) is 0 Å². The molecule has 2 N–H and O–H groups in total. The van der Waals surface area contributed by atoms with Crippen molar-refractivity contribution < 1.29 is 13.2 Å². The van der Waals surface area contributed by atoms with Gasteiger partial charge < -0.3 is 10.5 Å². The molecule has 1 aromatic carbocycles. The van der Waals surface area contributed by atoms with Gasteiger partial charge in [0.1, 0.15) is 0 Å². The smallest absolute Gasteiger partial charge is 0.243 e. The summed E-state index contributed by atoms with van der Waals surface area (Å²) in [5.41, 5.74) is 6.20. The van der Waals surface area contributed by atoms with Crippen LogP contribution in [-0.4, -0.2) is 38.5 Å². The number of halogens is 1. The second kappa shape index (κ2) is 5.78. The number of nitrogen functional groups attached to an aromatic ring is 1. The Kier molecular flexibility index (Phi) is 4.50. The summed E-state index contributed by atoms with van der Waals surface area (Å²) in [5, 5.41) is 0. The van der Waals surface area contributed by atoms with Gasteiger partial charge in [-0.3, -0.25) is 0 Å². The number of ether oxygens (including phenoxy) is 1. The van der Waals surface area contributed by atoms with Crippen LogP contribution in [0.5, 0.6) is 0 Å². The summed E-state index contributed by atoms with van der Waals surface area (Å²) in [6.07, 6.45) is 0.776. The quantitative estimate of drug-likeness (QED) is 0.845. The van der Waals surface area contributed by atoms with Crippen LogP contribution in [0.3, 0.4) is 0 Å². The van der Waals surface area contributed by atoms with Crippen molar-refractivity contribution in [1.82, 2.24) is 4.31 Å². The number of benzene rings is 1. The highest BCUT2D eigenvalue weighted by Crippen LogP contribution is 2.26. The molecule has 1 heterocycles. The van der Waals surface area contributed by atoms with E-state index < -0.39 is 10.0 Å². The third-order valence-electron chi connectivity index (χ3n) is 3.17. The maximum Gasteiger partial charge on any atom is 0.243 e. The minimum atomic E-state index is -3.48. The summed E-state index contributed by atoms with van der Waals surface area (Å²) < 4.78 is 32.6. The van der Waals surface area contributed by atoms with Gasteiger partial charge in [-0.15, -0.1) is 0 Å². The van der Waals surface area contributed by atoms with E-state index in [9.17, 15) is 8.42 Å². The summed E-state index contributed by atoms with van der Waals surface area (Å²) in [6, 6.07) is 4.67. The van der Waals surface area contributed by atoms with Gasteiger partial charge in [0.25, 0.3) is 0 Å². The van der Waals surface area contributed by atoms with E-state index in [2.05, 4.69) is 15.9 Å². The fourth-order valence-electron chi connectivity index (χ4n) is 1.97. The standard InChI is InChI=1S/C12H17BrN2O3S/c1-2-9-8-15(5-6-18-9)19(16,17)10-3-4-12(14)11(13)7-10/h3-4,7,9H,2,5-6,8,14H2,1H3. The van der Waals surface area contributed by atoms with E-state index in [0.717, 1.165) is 6.42 Å². The molecule has 1 saturated heterocycles. The van der Waals surface area contributed by atoms with Crippen molar-refractivity contribution in [2.75, 3.05) is 25.4 Å². The Morgan fingerprint density at radius 1 is 1.53 bits per heavy atom. The van der Waals surface area contributed by atoms with Crippen molar-refractivity contribution in [3.05, 3.63) is 22.7 Å². The van der Waals surface area contributed by atoms with Crippen LogP contribution in [0.25, 0.3) is 0 Å². The largest absolute Gasteiger partial charge is 0.398 e. The molecule has 0 aliphatic carbocycles. The molecule has 1 aromatic rings. The Morgan fingerprint density at radius 3 is 2.89 bits per heavy atom. The van der Waals surface area contributed by atoms with Crippen LogP contribution < -0.4 is 5.73 Å². The van der Waals surface area contributed by atoms with Crippen LogP contribution in [0.2, 0.25) is 0 Å². The maximum atomic E-state index is 12.5. The molecule has 1 aliphatic heterocycles. The van der Waals surface area contributed by atoms with Crippen LogP contribution >= 0.6 is 15.9 Å². The summed E-state index contributed by atoms with van der Waals surface area (Å²) in [7, 11) is -3.48. The molecule has 0 radical (unpaired) electrons. The van der Waals surface area contributed by atoms with Gasteiger partial charge in [-0.25, -0.2) is 8.42 Å². The summed E-state index contributed by atoms with van der Waals surface area (Å²) >= 11 is 3.26. The van der Waals surface area contributed by atoms with Crippen molar-refractivity contribution >= 4 is 31.6 Å². The normalized spacial score (nSPS) is 21.5. The molecule has 19 heavy (non-hydrogen) atoms. The summed E-state index contributed by atoms with van der Waals surface area (Å²) in [6.45, 7) is 3.22. The molecule has 106 valence electrons. The van der Waals surface area contributed by atoms with Gasteiger partial charge in [0.2, 0.25) is 10.0 Å². The van der Waals surface area contributed by atoms with E-state index in [1.165, 1.54) is 10.4 Å². The SMILES string of the molecule is CCC1CN(S(=O)(=O)c2ccc(N)c(Br)c2)CCO1. The zero-order chi connectivity index (χ0) is 14.0. The second-order valence-corrected chi connectivity index (χ2v) is 7.24. The molecule has 0 bridgehead atoms. The minimum Gasteiger partial charge on any atom is -0.398 e. The van der Waals surface area contributed by atoms with Crippen molar-refractivity contribution in [2.45, 2.75) is 24.3 Å². The Bertz CT molecular complexity index is 562. The highest BCUT2D eigenvalue weighted by atomic mass is 79.9. The monoisotopic (exact) mass is 348 g/mol. The first-order valence-corrected chi connectivity index (χ1v) is 8.35. The zero-order valence-corrected chi connectivity index (χ0v) is 13.1. The lowest BCUT2D eigenvalue weighted by atomic mass is 10.2. The fraction of sp³-hybridized carbons (Fsp3) is 0.500. The third-order valence-corrected chi connectivity index (χ3v) is 5.71. The molecule has 1 unspecified atom stereocenters. The van der Waals surface area contributed by atoms with E-state index in [0.29, 0.717) is 29.9 Å². The lowest BCUT2D eigenvalue weighted by molar-refractivity contribution is -0.00277. The molecule has 7 heteroatoms. The first kappa shape index (κ1) is 14.8. The van der Waals surface area contributed by atoms with Gasteiger partial charge in [-0.05, 0) is 40.5 Å². The average molecular weight is 349 g/mol. The minimum absolute atomic E-state index is 0.0271. The van der Waals surface area contributed by atoms with E-state index in [-0.39, 0.29) is 11.0 Å². The first-order valence-electron chi connectivity index (χ1n) is 6.12. The van der Waals surface area contributed by atoms with Gasteiger partial charge in [0, 0.05) is 23.2 Å². The number of morpholine rings is 1. The van der Waals surface area contributed by atoms with E-state index in [1.54, 1.807) is 12.1 Å². The maximum absolute atomic E-state index is 12.5. The predicted molar refractivity (Wildman–Crippen MR) is 77.3 cm³/mol. The highest BCUT2D eigenvalue weighted by molar-refractivity contribution is 9.10. The van der Waals surface area contributed by atoms with Gasteiger partial charge in [-0.2, -0.15) is 4.31 Å². The molecule has 2 rings (SSSR count). The van der Waals surface area contributed by atoms with Gasteiger partial charge >= 0.3 is 0 Å². The number of sulfonamides is 1. The first-order chi connectivity index (χ1) is 8.95. The summed E-state index contributed by atoms with van der Waals surface area (Å²) in [5.74, 6) is 0. The molecule has 1 atom stereocenters. The zero-order valence-electron chi connectivity index (χ0n) is 10.7. The van der Waals surface area contributed by atoms with Crippen molar-refractivity contribution in [3.8, 4) is 0 Å². The number of hydrogen-bond acceptors (Lipinski definition) is 4. The Labute approximate surface area is 121 Å². The molecule has 1 aliphatic rings. The molecule has 0 amide bonds. The van der Waals surface area contributed by atoms with Gasteiger partial charge in [0.15, 0.2) is 0 Å². The average Bonchev–Trinajstić information content (AvgIpc) is 2.41. The number of anilines is 1. The van der Waals surface area contributed by atoms with Crippen LogP contribution in [-0.2, 0) is 14.8 Å². The summed E-state index contributed by atoms with van der Waals surface area (Å²) in [4.78, 5) is 0.255. The molecule has 0 spiro atoms. The van der Waals surface area contributed by atoms with Crippen molar-refractivity contribution in [1.29, 1.82) is 0 Å². The van der Waals surface area contributed by atoms with E-state index in [1.807, 2.05) is 6.92 Å². The van der Waals surface area contributed by atoms with Crippen LogP contribution in [0.15, 0.2) is 27.6 Å². The molecule has 1 fully saturated rings. The highest BCUT2D eigenvalue weighted by Gasteiger charge is 2.30. The van der Waals surface area contributed by atoms with Crippen LogP contribution in [0.1, 0.15) is 13.3 Å². The van der Waals surface area contributed by atoms with E-state index >= 15 is 0 Å². The van der Waals surface area contributed by atoms with E-state index in [4.69, 9.17) is 10.5 Å². The van der Waals surface area contributed by atoms with Gasteiger partial charge in [-0.1, -0.05) is 6.92 Å².